The van der Waals surface area contributed by atoms with Crippen LogP contribution in [0.5, 0.6) is 0 Å². The van der Waals surface area contributed by atoms with Gasteiger partial charge in [-0.1, -0.05) is 11.6 Å². The van der Waals surface area contributed by atoms with Gasteiger partial charge in [-0.3, -0.25) is 4.68 Å². The van der Waals surface area contributed by atoms with Crippen LogP contribution < -0.4 is 5.32 Å². The zero-order valence-electron chi connectivity index (χ0n) is 10.3. The third-order valence-electron chi connectivity index (χ3n) is 2.72. The van der Waals surface area contributed by atoms with Gasteiger partial charge >= 0.3 is 0 Å². The van der Waals surface area contributed by atoms with Crippen molar-refractivity contribution in [3.8, 4) is 0 Å². The fourth-order valence-corrected chi connectivity index (χ4v) is 2.22. The summed E-state index contributed by atoms with van der Waals surface area (Å²) in [5.74, 6) is 0.651. The normalized spacial score (nSPS) is 12.1. The van der Waals surface area contributed by atoms with Crippen molar-refractivity contribution >= 4 is 23.2 Å². The number of hydrogen-bond donors (Lipinski definition) is 1. The topological polar surface area (TPSA) is 29.9 Å². The molecule has 1 rings (SSSR count). The molecule has 0 bridgehead atoms. The molecule has 0 saturated heterocycles. The van der Waals surface area contributed by atoms with Crippen LogP contribution in [-0.4, -0.2) is 21.2 Å². The van der Waals surface area contributed by atoms with Gasteiger partial charge in [0.15, 0.2) is 0 Å². The molecule has 0 aliphatic heterocycles. The molecule has 1 heterocycles. The molecule has 0 fully saturated rings. The Bertz CT molecular complexity index is 358. The van der Waals surface area contributed by atoms with Crippen molar-refractivity contribution in [3.63, 3.8) is 0 Å². The third kappa shape index (κ3) is 3.37. The lowest BCUT2D eigenvalue weighted by atomic mass is 10.0. The number of aryl methyl sites for hydroxylation is 2. The van der Waals surface area contributed by atoms with Gasteiger partial charge in [0.1, 0.15) is 0 Å². The van der Waals surface area contributed by atoms with Gasteiger partial charge in [0.05, 0.1) is 16.4 Å². The molecule has 16 heavy (non-hydrogen) atoms. The number of hydrogen-bond acceptors (Lipinski definition) is 2. The standard InChI is InChI=1S/C11H19Cl2N3/c1-8-10(13)9(16(4)15-8)7-14-11(2,3)5-6-12/h14H,5-7H2,1-4H3. The van der Waals surface area contributed by atoms with Gasteiger partial charge in [-0.25, -0.2) is 0 Å². The lowest BCUT2D eigenvalue weighted by Crippen LogP contribution is -2.39. The van der Waals surface area contributed by atoms with Gasteiger partial charge in [-0.05, 0) is 27.2 Å². The molecule has 1 N–H and O–H groups in total. The molecule has 3 nitrogen and oxygen atoms in total. The highest BCUT2D eigenvalue weighted by atomic mass is 35.5. The summed E-state index contributed by atoms with van der Waals surface area (Å²) in [6.07, 6.45) is 0.920. The Morgan fingerprint density at radius 1 is 1.44 bits per heavy atom. The molecule has 0 aliphatic carbocycles. The monoisotopic (exact) mass is 263 g/mol. The maximum absolute atomic E-state index is 6.17. The second kappa shape index (κ2) is 5.39. The molecular weight excluding hydrogens is 245 g/mol. The summed E-state index contributed by atoms with van der Waals surface area (Å²) in [6.45, 7) is 6.88. The number of nitrogens with zero attached hydrogens (tertiary/aromatic N) is 2. The largest absolute Gasteiger partial charge is 0.306 e. The predicted molar refractivity (Wildman–Crippen MR) is 69.2 cm³/mol. The summed E-state index contributed by atoms with van der Waals surface area (Å²) in [5.41, 5.74) is 1.90. The fraction of sp³-hybridized carbons (Fsp3) is 0.727. The average Bonchev–Trinajstić information content (AvgIpc) is 2.39. The van der Waals surface area contributed by atoms with Gasteiger partial charge in [0.25, 0.3) is 0 Å². The van der Waals surface area contributed by atoms with E-state index < -0.39 is 0 Å². The Morgan fingerprint density at radius 2 is 2.06 bits per heavy atom. The minimum absolute atomic E-state index is 0.0171. The first-order chi connectivity index (χ1) is 7.37. The molecule has 0 saturated carbocycles. The van der Waals surface area contributed by atoms with Gasteiger partial charge < -0.3 is 5.32 Å². The zero-order valence-corrected chi connectivity index (χ0v) is 11.8. The second-order valence-corrected chi connectivity index (χ2v) is 5.40. The van der Waals surface area contributed by atoms with Crippen LogP contribution in [0, 0.1) is 6.92 Å². The molecule has 0 aromatic carbocycles. The van der Waals surface area contributed by atoms with E-state index in [1.165, 1.54) is 0 Å². The van der Waals surface area contributed by atoms with E-state index in [4.69, 9.17) is 23.2 Å². The number of halogens is 2. The summed E-state index contributed by atoms with van der Waals surface area (Å²) in [5, 5.41) is 8.46. The van der Waals surface area contributed by atoms with E-state index in [9.17, 15) is 0 Å². The van der Waals surface area contributed by atoms with Crippen molar-refractivity contribution in [1.82, 2.24) is 15.1 Å². The molecule has 92 valence electrons. The molecule has 0 atom stereocenters. The van der Waals surface area contributed by atoms with E-state index in [0.29, 0.717) is 12.4 Å². The number of rotatable bonds is 5. The van der Waals surface area contributed by atoms with Crippen molar-refractivity contribution in [2.24, 2.45) is 7.05 Å². The smallest absolute Gasteiger partial charge is 0.0860 e. The lowest BCUT2D eigenvalue weighted by molar-refractivity contribution is 0.370. The quantitative estimate of drug-likeness (QED) is 0.829. The fourth-order valence-electron chi connectivity index (χ4n) is 1.52. The Labute approximate surface area is 107 Å². The second-order valence-electron chi connectivity index (χ2n) is 4.65. The predicted octanol–water partition coefficient (Wildman–Crippen LogP) is 2.88. The highest BCUT2D eigenvalue weighted by Gasteiger charge is 2.18. The molecule has 0 radical (unpaired) electrons. The minimum atomic E-state index is 0.0171. The van der Waals surface area contributed by atoms with Gasteiger partial charge in [0.2, 0.25) is 0 Å². The Hall–Kier alpha value is -0.250. The summed E-state index contributed by atoms with van der Waals surface area (Å²) in [7, 11) is 1.91. The maximum Gasteiger partial charge on any atom is 0.0860 e. The van der Waals surface area contributed by atoms with E-state index in [1.54, 1.807) is 0 Å². The van der Waals surface area contributed by atoms with Crippen molar-refractivity contribution in [2.75, 3.05) is 5.88 Å². The Balaban J connectivity index is 2.67. The minimum Gasteiger partial charge on any atom is -0.306 e. The molecule has 5 heteroatoms. The highest BCUT2D eigenvalue weighted by Crippen LogP contribution is 2.20. The number of aromatic nitrogens is 2. The van der Waals surface area contributed by atoms with Crippen LogP contribution in [-0.2, 0) is 13.6 Å². The van der Waals surface area contributed by atoms with Crippen LogP contribution in [0.1, 0.15) is 31.7 Å². The molecule has 0 unspecified atom stereocenters. The molecule has 0 aliphatic rings. The highest BCUT2D eigenvalue weighted by molar-refractivity contribution is 6.31. The average molecular weight is 264 g/mol. The van der Waals surface area contributed by atoms with Crippen LogP contribution in [0.2, 0.25) is 5.02 Å². The molecule has 0 amide bonds. The molecule has 1 aromatic heterocycles. The van der Waals surface area contributed by atoms with Gasteiger partial charge in [-0.2, -0.15) is 5.10 Å². The van der Waals surface area contributed by atoms with Crippen molar-refractivity contribution in [1.29, 1.82) is 0 Å². The van der Waals surface area contributed by atoms with Crippen molar-refractivity contribution in [3.05, 3.63) is 16.4 Å². The van der Waals surface area contributed by atoms with Crippen LogP contribution in [0.4, 0.5) is 0 Å². The van der Waals surface area contributed by atoms with E-state index in [2.05, 4.69) is 24.3 Å². The first-order valence-electron chi connectivity index (χ1n) is 5.36. The van der Waals surface area contributed by atoms with Crippen LogP contribution >= 0.6 is 23.2 Å². The molecular formula is C11H19Cl2N3. The first-order valence-corrected chi connectivity index (χ1v) is 6.27. The third-order valence-corrected chi connectivity index (χ3v) is 3.40. The maximum atomic E-state index is 6.17. The summed E-state index contributed by atoms with van der Waals surface area (Å²) >= 11 is 11.9. The van der Waals surface area contributed by atoms with Crippen LogP contribution in [0.15, 0.2) is 0 Å². The first kappa shape index (κ1) is 13.8. The summed E-state index contributed by atoms with van der Waals surface area (Å²) in [4.78, 5) is 0. The van der Waals surface area contributed by atoms with Gasteiger partial charge in [0, 0.05) is 25.0 Å². The molecule has 0 spiro atoms. The van der Waals surface area contributed by atoms with Crippen molar-refractivity contribution < 1.29 is 0 Å². The molecule has 1 aromatic rings. The zero-order chi connectivity index (χ0) is 12.3. The number of nitrogens with one attached hydrogen (secondary N) is 1. The number of alkyl halides is 1. The lowest BCUT2D eigenvalue weighted by Gasteiger charge is -2.25. The van der Waals surface area contributed by atoms with E-state index in [0.717, 1.165) is 22.8 Å². The van der Waals surface area contributed by atoms with E-state index in [-0.39, 0.29) is 5.54 Å². The summed E-state index contributed by atoms with van der Waals surface area (Å²) in [6, 6.07) is 0. The SMILES string of the molecule is Cc1nn(C)c(CNC(C)(C)CCCl)c1Cl. The Kier molecular flexibility index (Phi) is 4.65. The van der Waals surface area contributed by atoms with Crippen LogP contribution in [0.25, 0.3) is 0 Å². The van der Waals surface area contributed by atoms with Crippen LogP contribution in [0.3, 0.4) is 0 Å². The van der Waals surface area contributed by atoms with E-state index >= 15 is 0 Å². The Morgan fingerprint density at radius 3 is 2.50 bits per heavy atom. The van der Waals surface area contributed by atoms with E-state index in [1.807, 2.05) is 18.7 Å². The summed E-state index contributed by atoms with van der Waals surface area (Å²) < 4.78 is 1.82. The van der Waals surface area contributed by atoms with Gasteiger partial charge in [-0.15, -0.1) is 11.6 Å². The van der Waals surface area contributed by atoms with Crippen molar-refractivity contribution in [2.45, 2.75) is 39.3 Å².